The van der Waals surface area contributed by atoms with E-state index in [1.807, 2.05) is 6.08 Å². The van der Waals surface area contributed by atoms with Gasteiger partial charge in [0.25, 0.3) is 0 Å². The number of carbonyl (C=O) groups excluding carboxylic acids is 1. The quantitative estimate of drug-likeness (QED) is 0.164. The van der Waals surface area contributed by atoms with Gasteiger partial charge in [-0.15, -0.1) is 6.58 Å². The largest absolute Gasteiger partial charge is 0.394 e. The summed E-state index contributed by atoms with van der Waals surface area (Å²) >= 11 is 0. The summed E-state index contributed by atoms with van der Waals surface area (Å²) in [5.74, 6) is -0.209. The fraction of sp³-hybridized carbons (Fsp3) is 0.850. The van der Waals surface area contributed by atoms with Crippen molar-refractivity contribution in [3.63, 3.8) is 0 Å². The molecule has 0 saturated carbocycles. The number of hydrogen-bond donors (Lipinski definition) is 6. The van der Waals surface area contributed by atoms with Crippen molar-refractivity contribution >= 4 is 5.91 Å². The molecule has 0 aromatic carbocycles. The first kappa shape index (κ1) is 26.0. The second-order valence-corrected chi connectivity index (χ2v) is 7.54. The van der Waals surface area contributed by atoms with Gasteiger partial charge >= 0.3 is 0 Å². The SMILES string of the molecule is C=CCCCCCCCC(=O)NC(CO[C@@H]1OC(CO)[C@H](O)C(O)C1O)C(C)O. The number of carbonyl (C=O) groups is 1. The molecule has 9 heteroatoms. The Bertz CT molecular complexity index is 473. The molecule has 5 unspecified atom stereocenters. The van der Waals surface area contributed by atoms with Crippen molar-refractivity contribution in [3.8, 4) is 0 Å². The summed E-state index contributed by atoms with van der Waals surface area (Å²) in [7, 11) is 0. The first-order chi connectivity index (χ1) is 13.8. The molecule has 1 aliphatic heterocycles. The minimum Gasteiger partial charge on any atom is -0.394 e. The van der Waals surface area contributed by atoms with Gasteiger partial charge in [0.1, 0.15) is 24.4 Å². The van der Waals surface area contributed by atoms with Gasteiger partial charge in [-0.3, -0.25) is 4.79 Å². The molecule has 0 aromatic rings. The molecule has 0 spiro atoms. The van der Waals surface area contributed by atoms with Crippen LogP contribution in [-0.4, -0.2) is 87.5 Å². The minimum absolute atomic E-state index is 0.173. The number of aliphatic hydroxyl groups excluding tert-OH is 5. The molecular weight excluding hydrogens is 382 g/mol. The van der Waals surface area contributed by atoms with E-state index in [1.54, 1.807) is 0 Å². The van der Waals surface area contributed by atoms with Crippen LogP contribution in [0.4, 0.5) is 0 Å². The van der Waals surface area contributed by atoms with E-state index in [9.17, 15) is 30.3 Å². The zero-order valence-corrected chi connectivity index (χ0v) is 17.2. The molecule has 7 atom stereocenters. The number of allylic oxidation sites excluding steroid dienone is 1. The van der Waals surface area contributed by atoms with Gasteiger partial charge in [0.2, 0.25) is 5.91 Å². The highest BCUT2D eigenvalue weighted by molar-refractivity contribution is 5.76. The number of amides is 1. The van der Waals surface area contributed by atoms with Crippen molar-refractivity contribution in [2.24, 2.45) is 0 Å². The molecule has 170 valence electrons. The summed E-state index contributed by atoms with van der Waals surface area (Å²) in [6, 6.07) is -0.734. The van der Waals surface area contributed by atoms with E-state index >= 15 is 0 Å². The Morgan fingerprint density at radius 3 is 2.41 bits per heavy atom. The Balaban J connectivity index is 2.39. The van der Waals surface area contributed by atoms with Crippen molar-refractivity contribution < 1.29 is 39.8 Å². The van der Waals surface area contributed by atoms with Gasteiger partial charge in [-0.1, -0.05) is 25.3 Å². The molecule has 0 aliphatic carbocycles. The van der Waals surface area contributed by atoms with E-state index in [0.717, 1.165) is 38.5 Å². The molecule has 0 aromatic heterocycles. The van der Waals surface area contributed by atoms with Crippen LogP contribution in [0.2, 0.25) is 0 Å². The third-order valence-electron chi connectivity index (χ3n) is 5.03. The van der Waals surface area contributed by atoms with Crippen molar-refractivity contribution in [1.82, 2.24) is 5.32 Å². The van der Waals surface area contributed by atoms with Crippen LogP contribution in [0.15, 0.2) is 12.7 Å². The number of unbranched alkanes of at least 4 members (excludes halogenated alkanes) is 5. The summed E-state index contributed by atoms with van der Waals surface area (Å²) in [6.07, 6.45) is 0.367. The standard InChI is InChI=1S/C20H37NO8/c1-3-4-5-6-7-8-9-10-16(24)21-14(13(2)23)12-28-20-19(27)18(26)17(25)15(11-22)29-20/h3,13-15,17-20,22-23,25-27H,1,4-12H2,2H3,(H,21,24)/t13?,14?,15?,17-,18?,19?,20+/m0/s1. The Morgan fingerprint density at radius 2 is 1.79 bits per heavy atom. The summed E-state index contributed by atoms with van der Waals surface area (Å²) < 4.78 is 10.7. The maximum atomic E-state index is 12.1. The monoisotopic (exact) mass is 419 g/mol. The van der Waals surface area contributed by atoms with Gasteiger partial charge in [-0.05, 0) is 26.2 Å². The first-order valence-corrected chi connectivity index (χ1v) is 10.3. The van der Waals surface area contributed by atoms with E-state index in [4.69, 9.17) is 9.47 Å². The predicted octanol–water partition coefficient (Wildman–Crippen LogP) is -0.415. The van der Waals surface area contributed by atoms with Crippen LogP contribution >= 0.6 is 0 Å². The molecule has 1 heterocycles. The maximum Gasteiger partial charge on any atom is 0.220 e. The van der Waals surface area contributed by atoms with Crippen molar-refractivity contribution in [3.05, 3.63) is 12.7 Å². The molecule has 29 heavy (non-hydrogen) atoms. The fourth-order valence-electron chi connectivity index (χ4n) is 3.09. The highest BCUT2D eigenvalue weighted by atomic mass is 16.7. The van der Waals surface area contributed by atoms with Gasteiger partial charge < -0.3 is 40.3 Å². The van der Waals surface area contributed by atoms with Gasteiger partial charge in [0, 0.05) is 6.42 Å². The lowest BCUT2D eigenvalue weighted by Crippen LogP contribution is -2.60. The topological polar surface area (TPSA) is 149 Å². The van der Waals surface area contributed by atoms with Crippen LogP contribution in [0.3, 0.4) is 0 Å². The van der Waals surface area contributed by atoms with E-state index in [0.29, 0.717) is 6.42 Å². The molecule has 6 N–H and O–H groups in total. The molecular formula is C20H37NO8. The van der Waals surface area contributed by atoms with Crippen LogP contribution in [0.5, 0.6) is 0 Å². The van der Waals surface area contributed by atoms with Crippen LogP contribution < -0.4 is 5.32 Å². The zero-order chi connectivity index (χ0) is 21.8. The summed E-state index contributed by atoms with van der Waals surface area (Å²) in [6.45, 7) is 4.45. The van der Waals surface area contributed by atoms with Crippen LogP contribution in [0, 0.1) is 0 Å². The third-order valence-corrected chi connectivity index (χ3v) is 5.03. The lowest BCUT2D eigenvalue weighted by Gasteiger charge is -2.40. The van der Waals surface area contributed by atoms with E-state index in [1.165, 1.54) is 6.92 Å². The number of hydrogen-bond acceptors (Lipinski definition) is 8. The van der Waals surface area contributed by atoms with Crippen LogP contribution in [0.25, 0.3) is 0 Å². The van der Waals surface area contributed by atoms with E-state index in [2.05, 4.69) is 11.9 Å². The van der Waals surface area contributed by atoms with Gasteiger partial charge in [-0.25, -0.2) is 0 Å². The fourth-order valence-corrected chi connectivity index (χ4v) is 3.09. The van der Waals surface area contributed by atoms with Gasteiger partial charge in [-0.2, -0.15) is 0 Å². The van der Waals surface area contributed by atoms with E-state index < -0.39 is 49.5 Å². The zero-order valence-electron chi connectivity index (χ0n) is 17.2. The molecule has 1 saturated heterocycles. The average molecular weight is 420 g/mol. The summed E-state index contributed by atoms with van der Waals surface area (Å²) in [5.41, 5.74) is 0. The van der Waals surface area contributed by atoms with E-state index in [-0.39, 0.29) is 12.5 Å². The van der Waals surface area contributed by atoms with Crippen LogP contribution in [0.1, 0.15) is 51.9 Å². The van der Waals surface area contributed by atoms with Crippen LogP contribution in [-0.2, 0) is 14.3 Å². The Labute approximate surface area is 172 Å². The van der Waals surface area contributed by atoms with Gasteiger partial charge in [0.15, 0.2) is 6.29 Å². The number of rotatable bonds is 14. The third kappa shape index (κ3) is 9.08. The molecule has 1 fully saturated rings. The minimum atomic E-state index is -1.54. The molecule has 1 amide bonds. The second kappa shape index (κ2) is 14.0. The Kier molecular flexibility index (Phi) is 12.6. The lowest BCUT2D eigenvalue weighted by molar-refractivity contribution is -0.302. The molecule has 1 aliphatic rings. The Morgan fingerprint density at radius 1 is 1.14 bits per heavy atom. The predicted molar refractivity (Wildman–Crippen MR) is 106 cm³/mol. The molecule has 9 nitrogen and oxygen atoms in total. The van der Waals surface area contributed by atoms with Crippen molar-refractivity contribution in [1.29, 1.82) is 0 Å². The first-order valence-electron chi connectivity index (χ1n) is 10.3. The summed E-state index contributed by atoms with van der Waals surface area (Å²) in [5, 5.41) is 51.3. The Hall–Kier alpha value is -1.07. The maximum absolute atomic E-state index is 12.1. The number of nitrogens with one attached hydrogen (secondary N) is 1. The lowest BCUT2D eigenvalue weighted by atomic mass is 9.99. The van der Waals surface area contributed by atoms with Crippen molar-refractivity contribution in [2.45, 2.75) is 94.7 Å². The molecule has 0 radical (unpaired) electrons. The smallest absolute Gasteiger partial charge is 0.220 e. The van der Waals surface area contributed by atoms with Crippen molar-refractivity contribution in [2.75, 3.05) is 13.2 Å². The number of ether oxygens (including phenoxy) is 2. The number of aliphatic hydroxyl groups is 5. The normalized spacial score (nSPS) is 29.2. The highest BCUT2D eigenvalue weighted by Crippen LogP contribution is 2.22. The summed E-state index contributed by atoms with van der Waals surface area (Å²) in [4.78, 5) is 12.1. The molecule has 0 bridgehead atoms. The highest BCUT2D eigenvalue weighted by Gasteiger charge is 2.44. The average Bonchev–Trinajstić information content (AvgIpc) is 2.69. The van der Waals surface area contributed by atoms with Gasteiger partial charge in [0.05, 0.1) is 25.4 Å². The molecule has 1 rings (SSSR count). The second-order valence-electron chi connectivity index (χ2n) is 7.54.